The Hall–Kier alpha value is -1.74. The fourth-order valence-corrected chi connectivity index (χ4v) is 3.71. The second-order valence-electron chi connectivity index (χ2n) is 6.08. The number of aromatic nitrogens is 2. The third kappa shape index (κ3) is 1.93. The van der Waals surface area contributed by atoms with Gasteiger partial charge in [0.1, 0.15) is 0 Å². The fourth-order valence-electron chi connectivity index (χ4n) is 3.71. The third-order valence-electron chi connectivity index (χ3n) is 4.84. The maximum atomic E-state index is 4.57. The molecule has 2 atom stereocenters. The molecule has 0 radical (unpaired) electrons. The van der Waals surface area contributed by atoms with Gasteiger partial charge in [-0.2, -0.15) is 10.2 Å². The molecule has 3 nitrogen and oxygen atoms in total. The summed E-state index contributed by atoms with van der Waals surface area (Å²) in [6.07, 6.45) is 3.80. The van der Waals surface area contributed by atoms with Gasteiger partial charge in [0.05, 0.1) is 11.4 Å². The molecule has 3 heterocycles. The minimum atomic E-state index is 0.278. The standard InChI is InChI=1S/C17H19N3/c1-2-5-14(6-3-1)15-7-8-16(19-18-15)17-9-4-11-20(13-17)12-10-17/h1-3,5-8H,4,9-13H2/t17-/m0/s1. The topological polar surface area (TPSA) is 29.0 Å². The van der Waals surface area contributed by atoms with Gasteiger partial charge in [-0.3, -0.25) is 0 Å². The second-order valence-corrected chi connectivity index (χ2v) is 6.08. The summed E-state index contributed by atoms with van der Waals surface area (Å²) >= 11 is 0. The van der Waals surface area contributed by atoms with Crippen LogP contribution >= 0.6 is 0 Å². The van der Waals surface area contributed by atoms with Crippen LogP contribution in [0.25, 0.3) is 11.3 Å². The quantitative estimate of drug-likeness (QED) is 0.836. The summed E-state index contributed by atoms with van der Waals surface area (Å²) in [5, 5.41) is 9.04. The van der Waals surface area contributed by atoms with Crippen LogP contribution in [0.15, 0.2) is 42.5 Å². The normalized spacial score (nSPS) is 28.5. The highest BCUT2D eigenvalue weighted by atomic mass is 15.2. The van der Waals surface area contributed by atoms with Crippen LogP contribution in [0.4, 0.5) is 0 Å². The molecule has 3 heteroatoms. The Balaban J connectivity index is 1.65. The Morgan fingerprint density at radius 2 is 1.80 bits per heavy atom. The van der Waals surface area contributed by atoms with Gasteiger partial charge in [-0.25, -0.2) is 0 Å². The molecule has 0 spiro atoms. The number of nitrogens with zero attached hydrogens (tertiary/aromatic N) is 3. The van der Waals surface area contributed by atoms with E-state index in [0.717, 1.165) is 11.3 Å². The van der Waals surface area contributed by atoms with Crippen molar-refractivity contribution in [1.82, 2.24) is 15.1 Å². The molecule has 4 rings (SSSR count). The van der Waals surface area contributed by atoms with Gasteiger partial charge in [-0.05, 0) is 44.5 Å². The first kappa shape index (κ1) is 12.0. The lowest BCUT2D eigenvalue weighted by atomic mass is 9.78. The summed E-state index contributed by atoms with van der Waals surface area (Å²) in [5.41, 5.74) is 3.58. The van der Waals surface area contributed by atoms with E-state index in [1.807, 2.05) is 18.2 Å². The summed E-state index contributed by atoms with van der Waals surface area (Å²) < 4.78 is 0. The Labute approximate surface area is 119 Å². The van der Waals surface area contributed by atoms with Crippen molar-refractivity contribution in [3.05, 3.63) is 48.2 Å². The van der Waals surface area contributed by atoms with E-state index in [9.17, 15) is 0 Å². The van der Waals surface area contributed by atoms with E-state index in [-0.39, 0.29) is 5.41 Å². The van der Waals surface area contributed by atoms with Crippen LogP contribution in [-0.2, 0) is 5.41 Å². The van der Waals surface area contributed by atoms with E-state index < -0.39 is 0 Å². The molecule has 102 valence electrons. The van der Waals surface area contributed by atoms with Crippen LogP contribution in [0.3, 0.4) is 0 Å². The first-order valence-corrected chi connectivity index (χ1v) is 7.48. The Bertz CT molecular complexity index is 589. The van der Waals surface area contributed by atoms with Crippen molar-refractivity contribution in [3.63, 3.8) is 0 Å². The zero-order chi connectivity index (χ0) is 13.4. The van der Waals surface area contributed by atoms with Gasteiger partial charge in [0, 0.05) is 17.5 Å². The van der Waals surface area contributed by atoms with E-state index >= 15 is 0 Å². The Morgan fingerprint density at radius 3 is 2.60 bits per heavy atom. The van der Waals surface area contributed by atoms with Crippen LogP contribution in [0.5, 0.6) is 0 Å². The van der Waals surface area contributed by atoms with Crippen molar-refractivity contribution in [2.45, 2.75) is 24.7 Å². The zero-order valence-corrected chi connectivity index (χ0v) is 11.6. The number of benzene rings is 1. The van der Waals surface area contributed by atoms with Crippen molar-refractivity contribution in [3.8, 4) is 11.3 Å². The molecule has 2 bridgehead atoms. The van der Waals surface area contributed by atoms with Gasteiger partial charge in [-0.15, -0.1) is 0 Å². The summed E-state index contributed by atoms with van der Waals surface area (Å²) in [6, 6.07) is 14.6. The van der Waals surface area contributed by atoms with Crippen molar-refractivity contribution < 1.29 is 0 Å². The predicted octanol–water partition coefficient (Wildman–Crippen LogP) is 2.88. The second kappa shape index (κ2) is 4.67. The first-order valence-electron chi connectivity index (χ1n) is 7.48. The molecular weight excluding hydrogens is 246 g/mol. The lowest BCUT2D eigenvalue weighted by molar-refractivity contribution is 0.239. The van der Waals surface area contributed by atoms with Crippen LogP contribution in [0, 0.1) is 0 Å². The monoisotopic (exact) mass is 265 g/mol. The van der Waals surface area contributed by atoms with E-state index in [1.165, 1.54) is 44.6 Å². The SMILES string of the molecule is c1ccc(-c2ccc([C@@]34CCCN(CC3)C4)nn2)cc1. The first-order chi connectivity index (χ1) is 9.86. The van der Waals surface area contributed by atoms with Crippen LogP contribution in [-0.4, -0.2) is 34.7 Å². The van der Waals surface area contributed by atoms with Gasteiger partial charge < -0.3 is 4.90 Å². The van der Waals surface area contributed by atoms with Gasteiger partial charge in [0.2, 0.25) is 0 Å². The van der Waals surface area contributed by atoms with Crippen LogP contribution < -0.4 is 0 Å². The van der Waals surface area contributed by atoms with Gasteiger partial charge in [0.25, 0.3) is 0 Å². The zero-order valence-electron chi connectivity index (χ0n) is 11.6. The maximum Gasteiger partial charge on any atom is 0.0929 e. The van der Waals surface area contributed by atoms with Crippen LogP contribution in [0.1, 0.15) is 25.0 Å². The number of fused-ring (bicyclic) bond motifs is 2. The van der Waals surface area contributed by atoms with E-state index in [4.69, 9.17) is 0 Å². The molecule has 1 aromatic heterocycles. The van der Waals surface area contributed by atoms with E-state index in [1.54, 1.807) is 0 Å². The third-order valence-corrected chi connectivity index (χ3v) is 4.84. The predicted molar refractivity (Wildman–Crippen MR) is 79.4 cm³/mol. The molecule has 2 aromatic rings. The van der Waals surface area contributed by atoms with Gasteiger partial charge in [-0.1, -0.05) is 30.3 Å². The highest BCUT2D eigenvalue weighted by molar-refractivity contribution is 5.58. The summed E-state index contributed by atoms with van der Waals surface area (Å²) in [4.78, 5) is 2.57. The number of rotatable bonds is 2. The highest BCUT2D eigenvalue weighted by Gasteiger charge is 2.43. The largest absolute Gasteiger partial charge is 0.302 e. The maximum absolute atomic E-state index is 4.57. The molecule has 2 aliphatic rings. The summed E-state index contributed by atoms with van der Waals surface area (Å²) in [5.74, 6) is 0. The number of piperidine rings is 1. The summed E-state index contributed by atoms with van der Waals surface area (Å²) in [7, 11) is 0. The molecule has 1 unspecified atom stereocenters. The van der Waals surface area contributed by atoms with E-state index in [2.05, 4.69) is 39.4 Å². The molecule has 2 saturated heterocycles. The lowest BCUT2D eigenvalue weighted by Crippen LogP contribution is -2.37. The van der Waals surface area contributed by atoms with Crippen molar-refractivity contribution in [2.75, 3.05) is 19.6 Å². The molecule has 20 heavy (non-hydrogen) atoms. The lowest BCUT2D eigenvalue weighted by Gasteiger charge is -2.33. The van der Waals surface area contributed by atoms with Crippen LogP contribution in [0.2, 0.25) is 0 Å². The average Bonchev–Trinajstić information content (AvgIpc) is 2.84. The molecule has 2 fully saturated rings. The minimum absolute atomic E-state index is 0.278. The molecule has 0 aliphatic carbocycles. The minimum Gasteiger partial charge on any atom is -0.302 e. The van der Waals surface area contributed by atoms with Gasteiger partial charge >= 0.3 is 0 Å². The molecule has 0 saturated carbocycles. The molecule has 2 aliphatic heterocycles. The van der Waals surface area contributed by atoms with Crippen molar-refractivity contribution in [2.24, 2.45) is 0 Å². The molecular formula is C17H19N3. The highest BCUT2D eigenvalue weighted by Crippen LogP contribution is 2.41. The Kier molecular flexibility index (Phi) is 2.81. The fraction of sp³-hybridized carbons (Fsp3) is 0.412. The summed E-state index contributed by atoms with van der Waals surface area (Å²) in [6.45, 7) is 3.66. The van der Waals surface area contributed by atoms with Crippen molar-refractivity contribution in [1.29, 1.82) is 0 Å². The van der Waals surface area contributed by atoms with E-state index in [0.29, 0.717) is 0 Å². The number of hydrogen-bond acceptors (Lipinski definition) is 3. The molecule has 1 aromatic carbocycles. The Morgan fingerprint density at radius 1 is 0.900 bits per heavy atom. The molecule has 0 amide bonds. The van der Waals surface area contributed by atoms with Gasteiger partial charge in [0.15, 0.2) is 0 Å². The molecule has 0 N–H and O–H groups in total. The average molecular weight is 265 g/mol. The van der Waals surface area contributed by atoms with Crippen molar-refractivity contribution >= 4 is 0 Å². The number of hydrogen-bond donors (Lipinski definition) is 0. The smallest absolute Gasteiger partial charge is 0.0929 e.